The van der Waals surface area contributed by atoms with E-state index in [4.69, 9.17) is 0 Å². The molecule has 0 saturated carbocycles. The van der Waals surface area contributed by atoms with Gasteiger partial charge in [0.1, 0.15) is 5.82 Å². The van der Waals surface area contributed by atoms with Crippen molar-refractivity contribution in [3.63, 3.8) is 0 Å². The van der Waals surface area contributed by atoms with Crippen LogP contribution in [-0.2, 0) is 28.3 Å². The molecule has 11 heteroatoms. The van der Waals surface area contributed by atoms with E-state index in [1.807, 2.05) is 0 Å². The van der Waals surface area contributed by atoms with E-state index in [2.05, 4.69) is 4.98 Å². The maximum absolute atomic E-state index is 12.9. The summed E-state index contributed by atoms with van der Waals surface area (Å²) in [4.78, 5) is 28.6. The van der Waals surface area contributed by atoms with E-state index in [9.17, 15) is 23.3 Å². The summed E-state index contributed by atoms with van der Waals surface area (Å²) < 4.78 is 28.7. The molecule has 1 saturated heterocycles. The van der Waals surface area contributed by atoms with Crippen LogP contribution in [0, 0.1) is 17.0 Å². The molecular weight excluding hydrogens is 398 g/mol. The number of rotatable bonds is 5. The quantitative estimate of drug-likeness (QED) is 0.527. The van der Waals surface area contributed by atoms with E-state index in [1.165, 1.54) is 22.6 Å². The van der Waals surface area contributed by atoms with Gasteiger partial charge in [-0.15, -0.1) is 0 Å². The van der Waals surface area contributed by atoms with Crippen molar-refractivity contribution in [3.05, 3.63) is 52.0 Å². The van der Waals surface area contributed by atoms with Crippen LogP contribution in [0.4, 0.5) is 5.69 Å². The van der Waals surface area contributed by atoms with Crippen LogP contribution < -0.4 is 0 Å². The highest BCUT2D eigenvalue weighted by Gasteiger charge is 2.30. The molecule has 1 aromatic carbocycles. The molecule has 2 heterocycles. The zero-order valence-corrected chi connectivity index (χ0v) is 17.1. The first kappa shape index (κ1) is 20.9. The Balaban J connectivity index is 1.64. The second kappa shape index (κ2) is 8.29. The smallest absolute Gasteiger partial charge is 0.269 e. The Kier molecular flexibility index (Phi) is 5.99. The summed E-state index contributed by atoms with van der Waals surface area (Å²) in [6.45, 7) is 3.00. The highest BCUT2D eigenvalue weighted by molar-refractivity contribution is 7.89. The van der Waals surface area contributed by atoms with Crippen molar-refractivity contribution in [1.82, 2.24) is 18.8 Å². The molecular formula is C18H23N5O5S. The summed E-state index contributed by atoms with van der Waals surface area (Å²) in [6.07, 6.45) is 2.13. The Morgan fingerprint density at radius 2 is 1.86 bits per heavy atom. The molecule has 1 aromatic heterocycles. The maximum atomic E-state index is 12.9. The van der Waals surface area contributed by atoms with Gasteiger partial charge in [0.15, 0.2) is 5.03 Å². The molecule has 0 N–H and O–H groups in total. The van der Waals surface area contributed by atoms with Gasteiger partial charge in [-0.25, -0.2) is 13.4 Å². The highest BCUT2D eigenvalue weighted by Crippen LogP contribution is 2.18. The Bertz CT molecular complexity index is 996. The number of benzene rings is 1. The van der Waals surface area contributed by atoms with Gasteiger partial charge in [0, 0.05) is 51.6 Å². The summed E-state index contributed by atoms with van der Waals surface area (Å²) in [5, 5.41) is 10.7. The van der Waals surface area contributed by atoms with Gasteiger partial charge in [0.05, 0.1) is 11.3 Å². The molecule has 10 nitrogen and oxygen atoms in total. The van der Waals surface area contributed by atoms with Gasteiger partial charge in [-0.3, -0.25) is 14.9 Å². The molecule has 1 aliphatic rings. The van der Waals surface area contributed by atoms with Gasteiger partial charge in [-0.1, -0.05) is 12.1 Å². The van der Waals surface area contributed by atoms with Crippen LogP contribution in [0.15, 0.2) is 35.5 Å². The van der Waals surface area contributed by atoms with Crippen LogP contribution in [0.1, 0.15) is 17.8 Å². The molecule has 0 aliphatic carbocycles. The third-order valence-electron chi connectivity index (χ3n) is 5.00. The molecule has 2 aromatic rings. The number of sulfonamides is 1. The minimum atomic E-state index is -3.71. The van der Waals surface area contributed by atoms with Crippen LogP contribution in [-0.4, -0.2) is 64.2 Å². The van der Waals surface area contributed by atoms with Crippen LogP contribution >= 0.6 is 0 Å². The lowest BCUT2D eigenvalue weighted by atomic mass is 10.1. The van der Waals surface area contributed by atoms with Gasteiger partial charge >= 0.3 is 0 Å². The molecule has 3 rings (SSSR count). The Hall–Kier alpha value is -2.79. The fourth-order valence-corrected chi connectivity index (χ4v) is 4.68. The van der Waals surface area contributed by atoms with Gasteiger partial charge in [-0.05, 0) is 18.9 Å². The number of nitro groups is 1. The first-order valence-electron chi connectivity index (χ1n) is 9.19. The molecule has 1 amide bonds. The maximum Gasteiger partial charge on any atom is 0.269 e. The van der Waals surface area contributed by atoms with Crippen LogP contribution in [0.2, 0.25) is 0 Å². The summed E-state index contributed by atoms with van der Waals surface area (Å²) in [5.41, 5.74) is 0.653. The SMILES string of the molecule is Cc1nc(S(=O)(=O)N2CCCN(C(=O)Cc3ccc([N+](=O)[O-])cc3)CC2)cn1C. The van der Waals surface area contributed by atoms with Crippen LogP contribution in [0.5, 0.6) is 0 Å². The summed E-state index contributed by atoms with van der Waals surface area (Å²) in [5.74, 6) is 0.477. The summed E-state index contributed by atoms with van der Waals surface area (Å²) in [6, 6.07) is 5.87. The summed E-state index contributed by atoms with van der Waals surface area (Å²) in [7, 11) is -1.97. The van der Waals surface area contributed by atoms with Gasteiger partial charge in [0.25, 0.3) is 15.7 Å². The second-order valence-electron chi connectivity index (χ2n) is 6.98. The minimum Gasteiger partial charge on any atom is -0.341 e. The monoisotopic (exact) mass is 421 g/mol. The van der Waals surface area contributed by atoms with E-state index in [0.717, 1.165) is 0 Å². The number of imidazole rings is 1. The molecule has 1 fully saturated rings. The highest BCUT2D eigenvalue weighted by atomic mass is 32.2. The second-order valence-corrected chi connectivity index (χ2v) is 8.86. The molecule has 1 aliphatic heterocycles. The number of nitro benzene ring substituents is 1. The minimum absolute atomic E-state index is 0.0168. The lowest BCUT2D eigenvalue weighted by molar-refractivity contribution is -0.384. The number of non-ortho nitro benzene ring substituents is 1. The van der Waals surface area contributed by atoms with Crippen molar-refractivity contribution < 1.29 is 18.1 Å². The molecule has 0 unspecified atom stereocenters. The number of hydrogen-bond donors (Lipinski definition) is 0. The van der Waals surface area contributed by atoms with Crippen molar-refractivity contribution in [2.45, 2.75) is 24.8 Å². The lowest BCUT2D eigenvalue weighted by Gasteiger charge is -2.21. The van der Waals surface area contributed by atoms with Crippen LogP contribution in [0.3, 0.4) is 0 Å². The topological polar surface area (TPSA) is 119 Å². The fraction of sp³-hybridized carbons (Fsp3) is 0.444. The van der Waals surface area contributed by atoms with E-state index in [-0.39, 0.29) is 36.1 Å². The van der Waals surface area contributed by atoms with E-state index in [1.54, 1.807) is 35.6 Å². The number of hydrogen-bond acceptors (Lipinski definition) is 6. The first-order chi connectivity index (χ1) is 13.7. The molecule has 0 radical (unpaired) electrons. The number of carbonyl (C=O) groups is 1. The first-order valence-corrected chi connectivity index (χ1v) is 10.6. The van der Waals surface area contributed by atoms with Gasteiger partial charge < -0.3 is 9.47 Å². The van der Waals surface area contributed by atoms with Gasteiger partial charge in [-0.2, -0.15) is 4.31 Å². The largest absolute Gasteiger partial charge is 0.341 e. The van der Waals surface area contributed by atoms with Gasteiger partial charge in [0.2, 0.25) is 5.91 Å². The lowest BCUT2D eigenvalue weighted by Crippen LogP contribution is -2.38. The normalized spacial score (nSPS) is 15.9. The number of carbonyl (C=O) groups excluding carboxylic acids is 1. The predicted octanol–water partition coefficient (Wildman–Crippen LogP) is 1.10. The van der Waals surface area contributed by atoms with Crippen molar-refractivity contribution in [2.24, 2.45) is 7.05 Å². The van der Waals surface area contributed by atoms with E-state index >= 15 is 0 Å². The van der Waals surface area contributed by atoms with Crippen molar-refractivity contribution in [2.75, 3.05) is 26.2 Å². The number of amides is 1. The zero-order valence-electron chi connectivity index (χ0n) is 16.3. The Morgan fingerprint density at radius 1 is 1.17 bits per heavy atom. The van der Waals surface area contributed by atoms with E-state index < -0.39 is 14.9 Å². The molecule has 0 atom stereocenters. The average Bonchev–Trinajstić information content (AvgIpc) is 2.88. The molecule has 156 valence electrons. The fourth-order valence-electron chi connectivity index (χ4n) is 3.19. The zero-order chi connectivity index (χ0) is 21.2. The van der Waals surface area contributed by atoms with E-state index in [0.29, 0.717) is 30.9 Å². The summed E-state index contributed by atoms with van der Waals surface area (Å²) >= 11 is 0. The Morgan fingerprint density at radius 3 is 2.45 bits per heavy atom. The number of nitrogens with zero attached hydrogens (tertiary/aromatic N) is 5. The number of aromatic nitrogens is 2. The standard InChI is InChI=1S/C18H23N5O5S/c1-14-19-17(13-20(14)2)29(27,28)22-9-3-8-21(10-11-22)18(24)12-15-4-6-16(7-5-15)23(25)26/h4-7,13H,3,8-12H2,1-2H3. The molecule has 0 bridgehead atoms. The Labute approximate surface area is 169 Å². The third-order valence-corrected chi connectivity index (χ3v) is 6.77. The van der Waals surface area contributed by atoms with Crippen LogP contribution in [0.25, 0.3) is 0 Å². The van der Waals surface area contributed by atoms with Crippen molar-refractivity contribution >= 4 is 21.6 Å². The molecule has 29 heavy (non-hydrogen) atoms. The van der Waals surface area contributed by atoms with Crippen molar-refractivity contribution in [1.29, 1.82) is 0 Å². The number of aryl methyl sites for hydroxylation is 2. The average molecular weight is 421 g/mol. The third kappa shape index (κ3) is 4.62. The molecule has 0 spiro atoms. The van der Waals surface area contributed by atoms with Crippen molar-refractivity contribution in [3.8, 4) is 0 Å². The predicted molar refractivity (Wildman–Crippen MR) is 105 cm³/mol.